The van der Waals surface area contributed by atoms with Crippen molar-refractivity contribution in [2.45, 2.75) is 182 Å². The zero-order chi connectivity index (χ0) is 31.4. The van der Waals surface area contributed by atoms with E-state index in [4.69, 9.17) is 19.9 Å². The molecule has 0 aromatic heterocycles. The molecule has 0 rings (SSSR count). The van der Waals surface area contributed by atoms with Crippen molar-refractivity contribution in [3.05, 3.63) is 0 Å². The number of hydrogen-bond acceptors (Lipinski definition) is 7. The summed E-state index contributed by atoms with van der Waals surface area (Å²) in [6.45, 7) is 15.0. The molecular formula is C33H66N2O6. The minimum atomic E-state index is -0.509. The van der Waals surface area contributed by atoms with E-state index < -0.39 is 11.7 Å². The standard InChI is InChI=1S/C23H45NO4.C10H21NO2/c1-6-8-10-12-14-17-20(16-13-11-9-7-2)27-21(25)18-15-19-24-22(26)28-23(3,4)5;1-3-6-9(4-2)13-10(12)7-5-8-11/h20H,6-19H2,1-5H3,(H,24,26);9H,3-8,11H2,1-2H3. The van der Waals surface area contributed by atoms with E-state index in [9.17, 15) is 14.4 Å². The average molecular weight is 587 g/mol. The van der Waals surface area contributed by atoms with Crippen LogP contribution >= 0.6 is 0 Å². The van der Waals surface area contributed by atoms with Gasteiger partial charge >= 0.3 is 18.0 Å². The average Bonchev–Trinajstić information content (AvgIpc) is 2.91. The summed E-state index contributed by atoms with van der Waals surface area (Å²) in [6, 6.07) is 0. The molecule has 0 fully saturated rings. The molecular weight excluding hydrogens is 520 g/mol. The number of nitrogens with two attached hydrogens (primary N) is 1. The van der Waals surface area contributed by atoms with E-state index in [0.717, 1.165) is 51.4 Å². The molecule has 41 heavy (non-hydrogen) atoms. The van der Waals surface area contributed by atoms with Gasteiger partial charge in [0.15, 0.2) is 0 Å². The lowest BCUT2D eigenvalue weighted by molar-refractivity contribution is -0.150. The first-order valence-electron chi connectivity index (χ1n) is 16.6. The van der Waals surface area contributed by atoms with Gasteiger partial charge in [-0.2, -0.15) is 0 Å². The summed E-state index contributed by atoms with van der Waals surface area (Å²) in [5.74, 6) is -0.259. The number of amides is 1. The van der Waals surface area contributed by atoms with Crippen LogP contribution in [0.3, 0.4) is 0 Å². The number of unbranched alkanes of at least 4 members (excludes halogenated alkanes) is 7. The predicted octanol–water partition coefficient (Wildman–Crippen LogP) is 8.38. The van der Waals surface area contributed by atoms with Crippen molar-refractivity contribution >= 4 is 18.0 Å². The van der Waals surface area contributed by atoms with Crippen LogP contribution in [-0.2, 0) is 23.8 Å². The Morgan fingerprint density at radius 3 is 1.66 bits per heavy atom. The predicted molar refractivity (Wildman–Crippen MR) is 169 cm³/mol. The lowest BCUT2D eigenvalue weighted by Gasteiger charge is -2.20. The van der Waals surface area contributed by atoms with E-state index in [0.29, 0.717) is 32.4 Å². The maximum atomic E-state index is 12.2. The van der Waals surface area contributed by atoms with Crippen molar-refractivity contribution in [2.24, 2.45) is 5.73 Å². The number of alkyl carbamates (subject to hydrolysis) is 1. The third kappa shape index (κ3) is 30.9. The Morgan fingerprint density at radius 1 is 0.659 bits per heavy atom. The van der Waals surface area contributed by atoms with Crippen molar-refractivity contribution in [1.82, 2.24) is 5.32 Å². The van der Waals surface area contributed by atoms with Crippen molar-refractivity contribution in [1.29, 1.82) is 0 Å². The van der Waals surface area contributed by atoms with Crippen molar-refractivity contribution < 1.29 is 28.6 Å². The number of nitrogens with one attached hydrogen (secondary N) is 1. The van der Waals surface area contributed by atoms with Gasteiger partial charge in [-0.25, -0.2) is 4.79 Å². The molecule has 1 amide bonds. The second kappa shape index (κ2) is 28.3. The number of carbonyl (C=O) groups excluding carboxylic acids is 3. The van der Waals surface area contributed by atoms with Gasteiger partial charge < -0.3 is 25.3 Å². The van der Waals surface area contributed by atoms with Crippen LogP contribution in [0.2, 0.25) is 0 Å². The van der Waals surface area contributed by atoms with Crippen LogP contribution in [-0.4, -0.2) is 48.9 Å². The Morgan fingerprint density at radius 2 is 1.17 bits per heavy atom. The zero-order valence-corrected chi connectivity index (χ0v) is 27.8. The van der Waals surface area contributed by atoms with Gasteiger partial charge in [0.05, 0.1) is 0 Å². The molecule has 0 saturated carbocycles. The van der Waals surface area contributed by atoms with Gasteiger partial charge in [0.2, 0.25) is 0 Å². The Kier molecular flexibility index (Phi) is 28.5. The Bertz CT molecular complexity index is 636. The third-order valence-electron chi connectivity index (χ3n) is 6.48. The SMILES string of the molecule is CCCC(CC)OC(=O)CCCN.CCCCCCCC(CCCCCC)OC(=O)CCCNC(=O)OC(C)(C)C. The largest absolute Gasteiger partial charge is 0.462 e. The molecule has 0 aliphatic rings. The fraction of sp³-hybridized carbons (Fsp3) is 0.909. The monoisotopic (exact) mass is 586 g/mol. The molecule has 2 atom stereocenters. The van der Waals surface area contributed by atoms with Crippen LogP contribution in [0.4, 0.5) is 4.79 Å². The van der Waals surface area contributed by atoms with Crippen LogP contribution in [0.1, 0.15) is 164 Å². The lowest BCUT2D eigenvalue weighted by atomic mass is 10.0. The molecule has 0 heterocycles. The fourth-order valence-electron chi connectivity index (χ4n) is 4.18. The van der Waals surface area contributed by atoms with Crippen LogP contribution in [0, 0.1) is 0 Å². The van der Waals surface area contributed by atoms with Gasteiger partial charge in [-0.05, 0) is 78.7 Å². The molecule has 0 bridgehead atoms. The Labute approximate surface area is 252 Å². The highest BCUT2D eigenvalue weighted by Gasteiger charge is 2.17. The summed E-state index contributed by atoms with van der Waals surface area (Å²) in [5.41, 5.74) is 4.78. The minimum Gasteiger partial charge on any atom is -0.462 e. The molecule has 3 N–H and O–H groups in total. The number of carbonyl (C=O) groups is 3. The van der Waals surface area contributed by atoms with E-state index in [1.54, 1.807) is 0 Å². The number of rotatable bonds is 23. The van der Waals surface area contributed by atoms with Gasteiger partial charge in [0.1, 0.15) is 17.8 Å². The molecule has 8 nitrogen and oxygen atoms in total. The van der Waals surface area contributed by atoms with Crippen LogP contribution in [0.5, 0.6) is 0 Å². The van der Waals surface area contributed by atoms with Gasteiger partial charge in [0, 0.05) is 19.4 Å². The summed E-state index contributed by atoms with van der Waals surface area (Å²) in [5, 5.41) is 2.68. The molecule has 2 unspecified atom stereocenters. The smallest absolute Gasteiger partial charge is 0.407 e. The van der Waals surface area contributed by atoms with E-state index in [2.05, 4.69) is 26.1 Å². The molecule has 0 aliphatic heterocycles. The normalized spacial score (nSPS) is 12.5. The first-order valence-corrected chi connectivity index (χ1v) is 16.6. The maximum Gasteiger partial charge on any atom is 0.407 e. The van der Waals surface area contributed by atoms with Crippen LogP contribution < -0.4 is 11.1 Å². The summed E-state index contributed by atoms with van der Waals surface area (Å²) < 4.78 is 16.2. The quantitative estimate of drug-likeness (QED) is 0.0701. The highest BCUT2D eigenvalue weighted by Crippen LogP contribution is 2.17. The van der Waals surface area contributed by atoms with Crippen LogP contribution in [0.15, 0.2) is 0 Å². The van der Waals surface area contributed by atoms with Gasteiger partial charge in [-0.3, -0.25) is 9.59 Å². The molecule has 0 radical (unpaired) electrons. The Balaban J connectivity index is 0. The highest BCUT2D eigenvalue weighted by atomic mass is 16.6. The molecule has 0 aliphatic carbocycles. The number of ether oxygens (including phenoxy) is 3. The van der Waals surface area contributed by atoms with E-state index in [-0.39, 0.29) is 24.1 Å². The Hall–Kier alpha value is -1.83. The van der Waals surface area contributed by atoms with E-state index in [1.165, 1.54) is 44.9 Å². The second-order valence-corrected chi connectivity index (χ2v) is 11.9. The zero-order valence-electron chi connectivity index (χ0n) is 27.8. The molecule has 0 spiro atoms. The summed E-state index contributed by atoms with van der Waals surface area (Å²) in [6.07, 6.45) is 17.6. The van der Waals surface area contributed by atoms with E-state index in [1.807, 2.05) is 27.7 Å². The summed E-state index contributed by atoms with van der Waals surface area (Å²) >= 11 is 0. The molecule has 0 aromatic carbocycles. The summed E-state index contributed by atoms with van der Waals surface area (Å²) in [7, 11) is 0. The lowest BCUT2D eigenvalue weighted by Crippen LogP contribution is -2.33. The van der Waals surface area contributed by atoms with E-state index >= 15 is 0 Å². The minimum absolute atomic E-state index is 0.0461. The van der Waals surface area contributed by atoms with Crippen molar-refractivity contribution in [3.63, 3.8) is 0 Å². The van der Waals surface area contributed by atoms with Gasteiger partial charge in [-0.15, -0.1) is 0 Å². The maximum absolute atomic E-state index is 12.2. The van der Waals surface area contributed by atoms with Crippen molar-refractivity contribution in [2.75, 3.05) is 13.1 Å². The number of esters is 2. The molecule has 0 aromatic rings. The third-order valence-corrected chi connectivity index (χ3v) is 6.48. The molecule has 244 valence electrons. The molecule has 0 saturated heterocycles. The number of hydrogen-bond donors (Lipinski definition) is 2. The van der Waals surface area contributed by atoms with Gasteiger partial charge in [0.25, 0.3) is 0 Å². The first kappa shape index (κ1) is 41.3. The van der Waals surface area contributed by atoms with Crippen LogP contribution in [0.25, 0.3) is 0 Å². The highest BCUT2D eigenvalue weighted by molar-refractivity contribution is 5.70. The fourth-order valence-corrected chi connectivity index (χ4v) is 4.18. The first-order chi connectivity index (χ1) is 19.5. The van der Waals surface area contributed by atoms with Gasteiger partial charge in [-0.1, -0.05) is 79.1 Å². The molecule has 8 heteroatoms. The summed E-state index contributed by atoms with van der Waals surface area (Å²) in [4.78, 5) is 34.9. The second-order valence-electron chi connectivity index (χ2n) is 11.9. The topological polar surface area (TPSA) is 117 Å². The van der Waals surface area contributed by atoms with Crippen molar-refractivity contribution in [3.8, 4) is 0 Å².